The number of carbonyl (C=O) groups is 1. The van der Waals surface area contributed by atoms with Gasteiger partial charge in [0.25, 0.3) is 0 Å². The van der Waals surface area contributed by atoms with Crippen molar-refractivity contribution in [1.29, 1.82) is 0 Å². The van der Waals surface area contributed by atoms with Crippen molar-refractivity contribution in [2.45, 2.75) is 64.1 Å². The number of allylic oxidation sites excluding steroid dienone is 2. The number of hydrogen-bond donors (Lipinski definition) is 1. The number of aromatic carboxylic acids is 1. The number of pyridine rings is 1. The SMILES string of the molecule is CCN1CC(C)N(C2=CCc3c(n(C4CC4)cc(C(=O)O)c3=O)C2(F)F)CC1C. The van der Waals surface area contributed by atoms with Crippen LogP contribution in [-0.4, -0.2) is 57.2 Å². The number of carboxylic acids is 1. The lowest BCUT2D eigenvalue weighted by Gasteiger charge is -2.48. The standard InChI is InChI=1S/C21H27F2N3O3/c1-4-24-9-13(3)25(10-12(24)2)17-8-7-15-18(27)16(20(28)29)11-26(14-5-6-14)19(15)21(17,22)23/h8,11-14H,4-7,9-10H2,1-3H3,(H,28,29). The van der Waals surface area contributed by atoms with E-state index < -0.39 is 22.9 Å². The van der Waals surface area contributed by atoms with Crippen molar-refractivity contribution in [2.24, 2.45) is 0 Å². The van der Waals surface area contributed by atoms with Crippen molar-refractivity contribution in [3.05, 3.63) is 45.0 Å². The number of likely N-dealkylation sites (N-methyl/N-ethyl adjacent to an activating group) is 1. The summed E-state index contributed by atoms with van der Waals surface area (Å²) < 4.78 is 33.1. The second kappa shape index (κ2) is 6.93. The molecule has 1 aliphatic heterocycles. The van der Waals surface area contributed by atoms with Crippen LogP contribution in [0.2, 0.25) is 0 Å². The number of fused-ring (bicyclic) bond motifs is 1. The Labute approximate surface area is 168 Å². The van der Waals surface area contributed by atoms with Crippen LogP contribution in [-0.2, 0) is 12.3 Å². The lowest BCUT2D eigenvalue weighted by Crippen LogP contribution is -2.57. The molecule has 8 heteroatoms. The molecule has 0 radical (unpaired) electrons. The lowest BCUT2D eigenvalue weighted by molar-refractivity contribution is -0.0330. The first-order valence-corrected chi connectivity index (χ1v) is 10.3. The molecule has 2 fully saturated rings. The summed E-state index contributed by atoms with van der Waals surface area (Å²) in [6, 6.07) is -0.0977. The number of piperazine rings is 1. The number of halogens is 2. The predicted octanol–water partition coefficient (Wildman–Crippen LogP) is 2.83. The fourth-order valence-electron chi connectivity index (χ4n) is 4.74. The molecular formula is C21H27F2N3O3. The number of alkyl halides is 2. The molecule has 2 aliphatic carbocycles. The third kappa shape index (κ3) is 3.17. The highest BCUT2D eigenvalue weighted by molar-refractivity contribution is 5.87. The molecule has 6 nitrogen and oxygen atoms in total. The number of nitrogens with zero attached hydrogens (tertiary/aromatic N) is 3. The van der Waals surface area contributed by atoms with E-state index in [9.17, 15) is 14.7 Å². The van der Waals surface area contributed by atoms with E-state index in [1.807, 2.05) is 13.8 Å². The molecule has 1 aromatic rings. The Morgan fingerprint density at radius 2 is 1.93 bits per heavy atom. The monoisotopic (exact) mass is 407 g/mol. The van der Waals surface area contributed by atoms with Crippen LogP contribution >= 0.6 is 0 Å². The van der Waals surface area contributed by atoms with Crippen molar-refractivity contribution in [3.8, 4) is 0 Å². The second-order valence-electron chi connectivity index (χ2n) is 8.45. The summed E-state index contributed by atoms with van der Waals surface area (Å²) in [5.41, 5.74) is -1.68. The van der Waals surface area contributed by atoms with Gasteiger partial charge in [-0.2, -0.15) is 8.78 Å². The quantitative estimate of drug-likeness (QED) is 0.832. The molecule has 1 saturated carbocycles. The van der Waals surface area contributed by atoms with Crippen LogP contribution < -0.4 is 5.43 Å². The van der Waals surface area contributed by atoms with Crippen LogP contribution in [0.15, 0.2) is 22.8 Å². The van der Waals surface area contributed by atoms with Gasteiger partial charge in [0.2, 0.25) is 0 Å². The topological polar surface area (TPSA) is 65.8 Å². The van der Waals surface area contributed by atoms with Crippen LogP contribution in [0.3, 0.4) is 0 Å². The summed E-state index contributed by atoms with van der Waals surface area (Å²) in [4.78, 5) is 28.2. The molecule has 1 saturated heterocycles. The average molecular weight is 407 g/mol. The number of rotatable bonds is 4. The summed E-state index contributed by atoms with van der Waals surface area (Å²) in [5.74, 6) is -4.71. The summed E-state index contributed by atoms with van der Waals surface area (Å²) in [7, 11) is 0. The summed E-state index contributed by atoms with van der Waals surface area (Å²) in [6.45, 7) is 8.12. The summed E-state index contributed by atoms with van der Waals surface area (Å²) >= 11 is 0. The van der Waals surface area contributed by atoms with Crippen molar-refractivity contribution >= 4 is 5.97 Å². The second-order valence-corrected chi connectivity index (χ2v) is 8.45. The Morgan fingerprint density at radius 3 is 2.52 bits per heavy atom. The minimum atomic E-state index is -3.34. The van der Waals surface area contributed by atoms with Gasteiger partial charge in [0.1, 0.15) is 11.3 Å². The van der Waals surface area contributed by atoms with E-state index in [1.54, 1.807) is 4.90 Å². The maximum absolute atomic E-state index is 15.9. The molecule has 0 amide bonds. The van der Waals surface area contributed by atoms with Crippen LogP contribution in [0.4, 0.5) is 8.78 Å². The predicted molar refractivity (Wildman–Crippen MR) is 104 cm³/mol. The molecule has 2 heterocycles. The van der Waals surface area contributed by atoms with Gasteiger partial charge in [-0.3, -0.25) is 9.69 Å². The normalized spacial score (nSPS) is 26.8. The van der Waals surface area contributed by atoms with E-state index in [0.717, 1.165) is 12.7 Å². The van der Waals surface area contributed by atoms with Gasteiger partial charge in [0.05, 0.1) is 5.70 Å². The summed E-state index contributed by atoms with van der Waals surface area (Å²) in [6.07, 6.45) is 4.01. The van der Waals surface area contributed by atoms with Gasteiger partial charge < -0.3 is 14.6 Å². The Kier molecular flexibility index (Phi) is 4.80. The zero-order valence-electron chi connectivity index (χ0n) is 17.0. The van der Waals surface area contributed by atoms with Gasteiger partial charge >= 0.3 is 11.9 Å². The molecule has 2 atom stereocenters. The van der Waals surface area contributed by atoms with Crippen molar-refractivity contribution in [2.75, 3.05) is 19.6 Å². The molecule has 29 heavy (non-hydrogen) atoms. The molecule has 0 spiro atoms. The van der Waals surface area contributed by atoms with E-state index in [2.05, 4.69) is 11.8 Å². The van der Waals surface area contributed by atoms with Gasteiger partial charge in [-0.05, 0) is 39.7 Å². The van der Waals surface area contributed by atoms with E-state index in [4.69, 9.17) is 0 Å². The first-order valence-electron chi connectivity index (χ1n) is 10.3. The van der Waals surface area contributed by atoms with Crippen LogP contribution in [0.25, 0.3) is 0 Å². The number of carboxylic acid groups (broad SMARTS) is 1. The zero-order valence-corrected chi connectivity index (χ0v) is 17.0. The smallest absolute Gasteiger partial charge is 0.341 e. The Morgan fingerprint density at radius 1 is 1.24 bits per heavy atom. The van der Waals surface area contributed by atoms with E-state index in [-0.39, 0.29) is 41.5 Å². The Hall–Kier alpha value is -2.22. The van der Waals surface area contributed by atoms with Gasteiger partial charge in [-0.1, -0.05) is 13.0 Å². The van der Waals surface area contributed by atoms with Gasteiger partial charge in [-0.15, -0.1) is 0 Å². The summed E-state index contributed by atoms with van der Waals surface area (Å²) in [5, 5.41) is 9.36. The van der Waals surface area contributed by atoms with Crippen LogP contribution in [0.5, 0.6) is 0 Å². The fraction of sp³-hybridized carbons (Fsp3) is 0.619. The first kappa shape index (κ1) is 20.1. The molecule has 1 aromatic heterocycles. The maximum atomic E-state index is 15.9. The number of hydrogen-bond acceptors (Lipinski definition) is 4. The molecule has 158 valence electrons. The highest BCUT2D eigenvalue weighted by atomic mass is 19.3. The lowest BCUT2D eigenvalue weighted by atomic mass is 9.91. The van der Waals surface area contributed by atoms with Crippen molar-refractivity contribution < 1.29 is 18.7 Å². The highest BCUT2D eigenvalue weighted by Crippen LogP contribution is 2.47. The third-order valence-electron chi connectivity index (χ3n) is 6.45. The fourth-order valence-corrected chi connectivity index (χ4v) is 4.74. The maximum Gasteiger partial charge on any atom is 0.341 e. The first-order chi connectivity index (χ1) is 13.7. The molecule has 0 aromatic carbocycles. The molecule has 2 unspecified atom stereocenters. The minimum absolute atomic E-state index is 0.0298. The van der Waals surface area contributed by atoms with Crippen molar-refractivity contribution in [1.82, 2.24) is 14.4 Å². The molecule has 3 aliphatic rings. The zero-order chi connectivity index (χ0) is 21.1. The highest BCUT2D eigenvalue weighted by Gasteiger charge is 2.50. The Balaban J connectivity index is 1.80. The number of aromatic nitrogens is 1. The van der Waals surface area contributed by atoms with E-state index in [0.29, 0.717) is 25.9 Å². The Bertz CT molecular complexity index is 936. The average Bonchev–Trinajstić information content (AvgIpc) is 3.49. The molecular weight excluding hydrogens is 380 g/mol. The third-order valence-corrected chi connectivity index (χ3v) is 6.45. The van der Waals surface area contributed by atoms with Gasteiger partial charge in [-0.25, -0.2) is 4.79 Å². The van der Waals surface area contributed by atoms with E-state index >= 15 is 8.78 Å². The molecule has 1 N–H and O–H groups in total. The van der Waals surface area contributed by atoms with Gasteiger partial charge in [0.15, 0.2) is 5.43 Å². The van der Waals surface area contributed by atoms with E-state index in [1.165, 1.54) is 10.6 Å². The van der Waals surface area contributed by atoms with Crippen LogP contribution in [0, 0.1) is 0 Å². The largest absolute Gasteiger partial charge is 0.477 e. The van der Waals surface area contributed by atoms with Crippen LogP contribution in [0.1, 0.15) is 61.3 Å². The molecule has 4 rings (SSSR count). The van der Waals surface area contributed by atoms with Gasteiger partial charge in [0, 0.05) is 43.0 Å². The minimum Gasteiger partial charge on any atom is -0.477 e. The molecule has 0 bridgehead atoms. The van der Waals surface area contributed by atoms with Crippen molar-refractivity contribution in [3.63, 3.8) is 0 Å².